The number of carbonyl (C=O) groups excluding carboxylic acids is 2. The van der Waals surface area contributed by atoms with Gasteiger partial charge in [0.25, 0.3) is 0 Å². The zero-order valence-corrected chi connectivity index (χ0v) is 18.9. The summed E-state index contributed by atoms with van der Waals surface area (Å²) in [5.41, 5.74) is 3.38. The topological polar surface area (TPSA) is 71.1 Å². The van der Waals surface area contributed by atoms with E-state index in [1.54, 1.807) is 0 Å². The first-order valence-corrected chi connectivity index (χ1v) is 11.8. The van der Waals surface area contributed by atoms with Gasteiger partial charge in [0, 0.05) is 37.3 Å². The molecule has 1 saturated heterocycles. The third-order valence-corrected chi connectivity index (χ3v) is 7.99. The van der Waals surface area contributed by atoms with E-state index in [9.17, 15) is 9.59 Å². The highest BCUT2D eigenvalue weighted by atomic mass is 16.7. The minimum Gasteiger partial charge on any atom is -0.454 e. The maximum absolute atomic E-state index is 13.3. The number of likely N-dealkylation sites (N-methyl/N-ethyl adjacent to an activating group) is 1. The number of piperidine rings is 1. The van der Waals surface area contributed by atoms with Crippen LogP contribution in [-0.4, -0.2) is 54.6 Å². The second kappa shape index (κ2) is 7.76. The van der Waals surface area contributed by atoms with Gasteiger partial charge in [-0.25, -0.2) is 0 Å². The molecule has 0 aromatic heterocycles. The van der Waals surface area contributed by atoms with Gasteiger partial charge in [-0.1, -0.05) is 24.3 Å². The third-order valence-electron chi connectivity index (χ3n) is 7.99. The van der Waals surface area contributed by atoms with Gasteiger partial charge in [0.2, 0.25) is 18.6 Å². The number of hydrogen-bond acceptors (Lipinski definition) is 5. The van der Waals surface area contributed by atoms with E-state index in [0.717, 1.165) is 51.0 Å². The van der Waals surface area contributed by atoms with Crippen LogP contribution in [-0.2, 0) is 22.6 Å². The van der Waals surface area contributed by atoms with E-state index in [-0.39, 0.29) is 36.0 Å². The fourth-order valence-corrected chi connectivity index (χ4v) is 5.79. The number of rotatable bonds is 3. The third kappa shape index (κ3) is 3.64. The minimum absolute atomic E-state index is 0.0180. The Bertz CT molecular complexity index is 1110. The highest BCUT2D eigenvalue weighted by Crippen LogP contribution is 2.59. The van der Waals surface area contributed by atoms with Gasteiger partial charge in [-0.15, -0.1) is 0 Å². The lowest BCUT2D eigenvalue weighted by atomic mass is 9.89. The van der Waals surface area contributed by atoms with Crippen LogP contribution in [0, 0.1) is 11.3 Å². The van der Waals surface area contributed by atoms with E-state index in [1.807, 2.05) is 30.1 Å². The molecule has 2 amide bonds. The van der Waals surface area contributed by atoms with Crippen molar-refractivity contribution in [2.24, 2.45) is 11.3 Å². The molecular formula is C26H29N3O4. The first-order chi connectivity index (χ1) is 16.0. The maximum Gasteiger partial charge on any atom is 0.240 e. The lowest BCUT2D eigenvalue weighted by Crippen LogP contribution is -2.52. The molecule has 4 aliphatic rings. The molecule has 2 aromatic rings. The summed E-state index contributed by atoms with van der Waals surface area (Å²) in [6.45, 7) is 2.50. The number of ether oxygens (including phenoxy) is 2. The van der Waals surface area contributed by atoms with E-state index in [2.05, 4.69) is 34.5 Å². The largest absolute Gasteiger partial charge is 0.454 e. The van der Waals surface area contributed by atoms with Crippen molar-refractivity contribution in [3.63, 3.8) is 0 Å². The van der Waals surface area contributed by atoms with Crippen LogP contribution in [0.4, 0.5) is 5.69 Å². The zero-order chi connectivity index (χ0) is 22.6. The fraction of sp³-hybridized carbons (Fsp3) is 0.462. The SMILES string of the molecule is CN1Cc2ccccc2C[C@H]1C(=O)N1CCC2(CC1)C[C@@H]2C(=O)Nc1ccc2c(c1)OCO2. The number of nitrogens with one attached hydrogen (secondary N) is 1. The monoisotopic (exact) mass is 447 g/mol. The van der Waals surface area contributed by atoms with E-state index in [0.29, 0.717) is 11.5 Å². The van der Waals surface area contributed by atoms with Crippen molar-refractivity contribution in [1.29, 1.82) is 0 Å². The van der Waals surface area contributed by atoms with Gasteiger partial charge in [0.15, 0.2) is 11.5 Å². The number of amides is 2. The molecular weight excluding hydrogens is 418 g/mol. The summed E-state index contributed by atoms with van der Waals surface area (Å²) in [4.78, 5) is 30.4. The predicted octanol–water partition coefficient (Wildman–Crippen LogP) is 3.04. The molecule has 172 valence electrons. The number of nitrogens with zero attached hydrogens (tertiary/aromatic N) is 2. The summed E-state index contributed by atoms with van der Waals surface area (Å²) in [6.07, 6.45) is 3.46. The molecule has 7 heteroatoms. The summed E-state index contributed by atoms with van der Waals surface area (Å²) in [5, 5.41) is 3.04. The van der Waals surface area contributed by atoms with Crippen molar-refractivity contribution in [2.75, 3.05) is 32.2 Å². The summed E-state index contributed by atoms with van der Waals surface area (Å²) < 4.78 is 10.7. The number of likely N-dealkylation sites (tertiary alicyclic amines) is 1. The molecule has 1 N–H and O–H groups in total. The molecule has 1 spiro atoms. The second-order valence-electron chi connectivity index (χ2n) is 9.91. The van der Waals surface area contributed by atoms with E-state index >= 15 is 0 Å². The van der Waals surface area contributed by atoms with Crippen molar-refractivity contribution < 1.29 is 19.1 Å². The Morgan fingerprint density at radius 1 is 1.03 bits per heavy atom. The van der Waals surface area contributed by atoms with Crippen molar-refractivity contribution >= 4 is 17.5 Å². The lowest BCUT2D eigenvalue weighted by Gasteiger charge is -2.39. The number of hydrogen-bond donors (Lipinski definition) is 1. The first-order valence-electron chi connectivity index (χ1n) is 11.8. The van der Waals surface area contributed by atoms with Crippen LogP contribution < -0.4 is 14.8 Å². The molecule has 3 aliphatic heterocycles. The Balaban J connectivity index is 1.05. The van der Waals surface area contributed by atoms with Crippen LogP contribution in [0.15, 0.2) is 42.5 Å². The molecule has 0 radical (unpaired) electrons. The zero-order valence-electron chi connectivity index (χ0n) is 18.9. The molecule has 3 heterocycles. The Labute approximate surface area is 193 Å². The fourth-order valence-electron chi connectivity index (χ4n) is 5.79. The van der Waals surface area contributed by atoms with Gasteiger partial charge >= 0.3 is 0 Å². The van der Waals surface area contributed by atoms with Gasteiger partial charge < -0.3 is 19.7 Å². The van der Waals surface area contributed by atoms with E-state index in [1.165, 1.54) is 11.1 Å². The number of carbonyl (C=O) groups is 2. The second-order valence-corrected chi connectivity index (χ2v) is 9.91. The molecule has 7 nitrogen and oxygen atoms in total. The average molecular weight is 448 g/mol. The minimum atomic E-state index is -0.0988. The van der Waals surface area contributed by atoms with Crippen LogP contribution in [0.2, 0.25) is 0 Å². The summed E-state index contributed by atoms with van der Waals surface area (Å²) in [6, 6.07) is 13.8. The van der Waals surface area contributed by atoms with Crippen LogP contribution in [0.3, 0.4) is 0 Å². The molecule has 1 aliphatic carbocycles. The molecule has 33 heavy (non-hydrogen) atoms. The van der Waals surface area contributed by atoms with Gasteiger partial charge in [0.1, 0.15) is 0 Å². The average Bonchev–Trinajstić information content (AvgIpc) is 3.31. The van der Waals surface area contributed by atoms with Crippen molar-refractivity contribution in [1.82, 2.24) is 9.80 Å². The first kappa shape index (κ1) is 20.5. The molecule has 2 fully saturated rings. The van der Waals surface area contributed by atoms with Gasteiger partial charge in [-0.3, -0.25) is 14.5 Å². The van der Waals surface area contributed by atoms with E-state index in [4.69, 9.17) is 9.47 Å². The molecule has 0 unspecified atom stereocenters. The quantitative estimate of drug-likeness (QED) is 0.783. The summed E-state index contributed by atoms with van der Waals surface area (Å²) in [5.74, 6) is 1.69. The van der Waals surface area contributed by atoms with Gasteiger partial charge in [-0.05, 0) is 61.4 Å². The Kier molecular flexibility index (Phi) is 4.83. The van der Waals surface area contributed by atoms with Crippen LogP contribution in [0.5, 0.6) is 11.5 Å². The smallest absolute Gasteiger partial charge is 0.240 e. The number of anilines is 1. The molecule has 2 atom stereocenters. The van der Waals surface area contributed by atoms with Crippen LogP contribution >= 0.6 is 0 Å². The highest BCUT2D eigenvalue weighted by Gasteiger charge is 2.59. The Morgan fingerprint density at radius 3 is 2.61 bits per heavy atom. The summed E-state index contributed by atoms with van der Waals surface area (Å²) >= 11 is 0. The number of fused-ring (bicyclic) bond motifs is 2. The van der Waals surface area contributed by atoms with Gasteiger partial charge in [-0.2, -0.15) is 0 Å². The Hall–Kier alpha value is -3.06. The maximum atomic E-state index is 13.3. The molecule has 0 bridgehead atoms. The highest BCUT2D eigenvalue weighted by molar-refractivity contribution is 5.95. The standard InChI is InChI=1S/C26H29N3O4/c1-28-15-18-5-3-2-4-17(18)12-21(28)25(31)29-10-8-26(9-11-29)14-20(26)24(30)27-19-6-7-22-23(13-19)33-16-32-22/h2-7,13,20-21H,8-12,14-16H2,1H3,(H,27,30)/t20-,21+/m1/s1. The molecule has 2 aromatic carbocycles. The van der Waals surface area contributed by atoms with Crippen LogP contribution in [0.25, 0.3) is 0 Å². The molecule has 1 saturated carbocycles. The summed E-state index contributed by atoms with van der Waals surface area (Å²) in [7, 11) is 2.04. The van der Waals surface area contributed by atoms with Gasteiger partial charge in [0.05, 0.1) is 6.04 Å². The number of benzene rings is 2. The van der Waals surface area contributed by atoms with Crippen molar-refractivity contribution in [2.45, 2.75) is 38.3 Å². The Morgan fingerprint density at radius 2 is 1.79 bits per heavy atom. The van der Waals surface area contributed by atoms with Crippen molar-refractivity contribution in [3.8, 4) is 11.5 Å². The van der Waals surface area contributed by atoms with Crippen LogP contribution in [0.1, 0.15) is 30.4 Å². The predicted molar refractivity (Wildman–Crippen MR) is 123 cm³/mol. The molecule has 6 rings (SSSR count). The van der Waals surface area contributed by atoms with E-state index < -0.39 is 0 Å². The van der Waals surface area contributed by atoms with Crippen molar-refractivity contribution in [3.05, 3.63) is 53.6 Å². The normalized spacial score (nSPS) is 24.9. The lowest BCUT2D eigenvalue weighted by molar-refractivity contribution is -0.138.